The van der Waals surface area contributed by atoms with Crippen molar-refractivity contribution in [2.75, 3.05) is 19.7 Å². The summed E-state index contributed by atoms with van der Waals surface area (Å²) in [6.07, 6.45) is 3.39. The minimum absolute atomic E-state index is 0.0180. The minimum atomic E-state index is -1.36. The minimum Gasteiger partial charge on any atom is -0.480 e. The highest BCUT2D eigenvalue weighted by molar-refractivity contribution is 6.06. The molecule has 1 aromatic heterocycles. The maximum Gasteiger partial charge on any atom is 0.326 e. The van der Waals surface area contributed by atoms with Crippen molar-refractivity contribution in [2.45, 2.75) is 81.6 Å². The van der Waals surface area contributed by atoms with Crippen molar-refractivity contribution in [3.05, 3.63) is 36.0 Å². The molecule has 0 saturated carbocycles. The summed E-state index contributed by atoms with van der Waals surface area (Å²) in [6.45, 7) is 0.751. The number of aromatic nitrogens is 1. The van der Waals surface area contributed by atoms with E-state index in [1.165, 1.54) is 4.90 Å². The van der Waals surface area contributed by atoms with E-state index in [1.807, 2.05) is 6.07 Å². The number of aliphatic carboxylic acids is 1. The normalized spacial score (nSPS) is 27.0. The van der Waals surface area contributed by atoms with Crippen LogP contribution in [0.5, 0.6) is 0 Å². The van der Waals surface area contributed by atoms with Crippen LogP contribution < -0.4 is 21.3 Å². The second-order valence-corrected chi connectivity index (χ2v) is 11.5. The molecule has 3 fully saturated rings. The number of carbonyl (C=O) groups excluding carboxylic acids is 5. The first-order chi connectivity index (χ1) is 21.2. The highest BCUT2D eigenvalue weighted by Gasteiger charge is 2.44. The number of H-pyrrole nitrogens is 1. The second-order valence-electron chi connectivity index (χ2n) is 11.5. The lowest BCUT2D eigenvalue weighted by atomic mass is 10.1. The first kappa shape index (κ1) is 31.0. The highest BCUT2D eigenvalue weighted by atomic mass is 16.5. The molecule has 3 aliphatic rings. The zero-order valence-corrected chi connectivity index (χ0v) is 24.3. The van der Waals surface area contributed by atoms with E-state index in [0.29, 0.717) is 38.0 Å². The average molecular weight is 611 g/mol. The van der Waals surface area contributed by atoms with Crippen molar-refractivity contribution in [1.82, 2.24) is 31.2 Å². The predicted octanol–water partition coefficient (Wildman–Crippen LogP) is 0.181. The van der Waals surface area contributed by atoms with Crippen LogP contribution in [0.25, 0.3) is 10.9 Å². The van der Waals surface area contributed by atoms with Crippen LogP contribution in [0.15, 0.2) is 30.5 Å². The highest BCUT2D eigenvalue weighted by Crippen LogP contribution is 2.24. The molecule has 14 nitrogen and oxygen atoms in total. The molecule has 3 saturated heterocycles. The molecule has 5 rings (SSSR count). The van der Waals surface area contributed by atoms with Gasteiger partial charge in [-0.25, -0.2) is 4.79 Å². The van der Waals surface area contributed by atoms with Crippen LogP contribution in [0, 0.1) is 0 Å². The molecule has 44 heavy (non-hydrogen) atoms. The van der Waals surface area contributed by atoms with E-state index in [2.05, 4.69) is 26.3 Å². The van der Waals surface area contributed by atoms with E-state index in [-0.39, 0.29) is 44.0 Å². The number of hydrogen-bond acceptors (Lipinski definition) is 7. The number of carbonyl (C=O) groups is 6. The van der Waals surface area contributed by atoms with Gasteiger partial charge >= 0.3 is 5.97 Å². The zero-order chi connectivity index (χ0) is 31.2. The number of benzene rings is 1. The third kappa shape index (κ3) is 7.18. The molecule has 0 spiro atoms. The molecule has 5 atom stereocenters. The van der Waals surface area contributed by atoms with Crippen LogP contribution in [0.2, 0.25) is 0 Å². The van der Waals surface area contributed by atoms with Crippen LogP contribution in [0.3, 0.4) is 0 Å². The first-order valence-electron chi connectivity index (χ1n) is 15.1. The van der Waals surface area contributed by atoms with Gasteiger partial charge in [-0.3, -0.25) is 24.0 Å². The molecule has 0 radical (unpaired) electrons. The largest absolute Gasteiger partial charge is 0.480 e. The maximum atomic E-state index is 14.1. The molecule has 1 aromatic carbocycles. The Hall–Kier alpha value is -4.46. The Kier molecular flexibility index (Phi) is 9.78. The maximum absolute atomic E-state index is 14.1. The van der Waals surface area contributed by atoms with E-state index in [1.54, 1.807) is 24.4 Å². The lowest BCUT2D eigenvalue weighted by Crippen LogP contribution is -2.56. The van der Waals surface area contributed by atoms with E-state index < -0.39 is 54.0 Å². The number of nitrogens with one attached hydrogen (secondary N) is 5. The summed E-state index contributed by atoms with van der Waals surface area (Å²) in [6, 6.07) is 2.98. The SMILES string of the molecule is O=C1CC[C@@H](C(=O)O)NC(=O)[C@@H]2C[C@@H](NC(=O)c3cccc4[nH]ccc34)CN2C(=O)[C@@H](NC(=O)[C@H]2CCCO2)CCCCN1. The topological polar surface area (TPSA) is 199 Å². The average Bonchev–Trinajstić information content (AvgIpc) is 3.78. The third-order valence-electron chi connectivity index (χ3n) is 8.41. The second kappa shape index (κ2) is 13.9. The van der Waals surface area contributed by atoms with Gasteiger partial charge in [-0.15, -0.1) is 0 Å². The molecule has 0 aliphatic carbocycles. The number of amides is 5. The van der Waals surface area contributed by atoms with Gasteiger partial charge in [0.25, 0.3) is 5.91 Å². The number of nitrogens with zero attached hydrogens (tertiary/aromatic N) is 1. The summed E-state index contributed by atoms with van der Waals surface area (Å²) in [5.74, 6) is -3.67. The quantitative estimate of drug-likeness (QED) is 0.275. The number of rotatable bonds is 5. The Morgan fingerprint density at radius 1 is 1.00 bits per heavy atom. The van der Waals surface area contributed by atoms with Crippen LogP contribution in [0.4, 0.5) is 0 Å². The summed E-state index contributed by atoms with van der Waals surface area (Å²) in [5.41, 5.74) is 1.21. The van der Waals surface area contributed by atoms with Crippen LogP contribution in [-0.2, 0) is 28.7 Å². The molecule has 14 heteroatoms. The van der Waals surface area contributed by atoms with Gasteiger partial charge in [0, 0.05) is 54.8 Å². The fourth-order valence-electron chi connectivity index (χ4n) is 6.08. The Morgan fingerprint density at radius 3 is 2.61 bits per heavy atom. The summed E-state index contributed by atoms with van der Waals surface area (Å²) in [4.78, 5) is 82.6. The molecular weight excluding hydrogens is 572 g/mol. The summed E-state index contributed by atoms with van der Waals surface area (Å²) < 4.78 is 5.50. The fraction of sp³-hybridized carbons (Fsp3) is 0.533. The van der Waals surface area contributed by atoms with Gasteiger partial charge in [-0.1, -0.05) is 6.07 Å². The van der Waals surface area contributed by atoms with Crippen molar-refractivity contribution in [3.63, 3.8) is 0 Å². The van der Waals surface area contributed by atoms with Gasteiger partial charge in [0.1, 0.15) is 24.2 Å². The lowest BCUT2D eigenvalue weighted by molar-refractivity contribution is -0.145. The Bertz CT molecular complexity index is 1420. The molecule has 3 aliphatic heterocycles. The van der Waals surface area contributed by atoms with Gasteiger partial charge in [0.2, 0.25) is 23.6 Å². The van der Waals surface area contributed by atoms with Crippen molar-refractivity contribution in [3.8, 4) is 0 Å². The summed E-state index contributed by atoms with van der Waals surface area (Å²) in [5, 5.41) is 21.4. The zero-order valence-electron chi connectivity index (χ0n) is 24.3. The molecule has 4 heterocycles. The van der Waals surface area contributed by atoms with Crippen molar-refractivity contribution in [2.24, 2.45) is 0 Å². The molecule has 0 unspecified atom stereocenters. The molecular formula is C30H38N6O8. The van der Waals surface area contributed by atoms with Gasteiger partial charge in [-0.05, 0) is 63.1 Å². The Balaban J connectivity index is 1.40. The molecule has 236 valence electrons. The fourth-order valence-corrected chi connectivity index (χ4v) is 6.08. The number of aromatic amines is 1. The number of hydrogen-bond donors (Lipinski definition) is 6. The predicted molar refractivity (Wildman–Crippen MR) is 156 cm³/mol. The monoisotopic (exact) mass is 610 g/mol. The van der Waals surface area contributed by atoms with E-state index in [0.717, 1.165) is 17.3 Å². The Labute approximate surface area is 253 Å². The third-order valence-corrected chi connectivity index (χ3v) is 8.41. The number of ether oxygens (including phenoxy) is 1. The summed E-state index contributed by atoms with van der Waals surface area (Å²) in [7, 11) is 0. The molecule has 6 N–H and O–H groups in total. The van der Waals surface area contributed by atoms with Gasteiger partial charge in [-0.2, -0.15) is 0 Å². The molecule has 0 bridgehead atoms. The van der Waals surface area contributed by atoms with Crippen LogP contribution >= 0.6 is 0 Å². The van der Waals surface area contributed by atoms with Crippen LogP contribution in [0.1, 0.15) is 61.7 Å². The van der Waals surface area contributed by atoms with E-state index >= 15 is 0 Å². The number of carboxylic acids is 1. The lowest BCUT2D eigenvalue weighted by Gasteiger charge is -2.29. The van der Waals surface area contributed by atoms with Gasteiger partial charge < -0.3 is 41.0 Å². The van der Waals surface area contributed by atoms with Crippen molar-refractivity contribution >= 4 is 46.4 Å². The number of carboxylic acid groups (broad SMARTS) is 1. The number of fused-ring (bicyclic) bond motifs is 2. The van der Waals surface area contributed by atoms with Crippen molar-refractivity contribution in [1.29, 1.82) is 0 Å². The summed E-state index contributed by atoms with van der Waals surface area (Å²) >= 11 is 0. The standard InChI is InChI=1S/C30H38N6O8/c37-25-10-9-22(30(42)43)35-27(39)23-15-17(33-26(38)19-5-3-7-20-18(19)11-13-31-20)16-36(23)29(41)21(6-1-2-12-32-25)34-28(40)24-8-4-14-44-24/h3,5,7,11,13,17,21-24,31H,1-2,4,6,8-10,12,14-16H2,(H,32,37)(H,33,38)(H,34,40)(H,35,39)(H,42,43)/t17-,21+,22+,23+,24-/m1/s1. The van der Waals surface area contributed by atoms with E-state index in [9.17, 15) is 33.9 Å². The van der Waals surface area contributed by atoms with Gasteiger partial charge in [0.15, 0.2) is 0 Å². The van der Waals surface area contributed by atoms with Crippen molar-refractivity contribution < 1.29 is 38.6 Å². The Morgan fingerprint density at radius 2 is 1.84 bits per heavy atom. The molecule has 2 aromatic rings. The smallest absolute Gasteiger partial charge is 0.326 e. The van der Waals surface area contributed by atoms with Gasteiger partial charge in [0.05, 0.1) is 0 Å². The van der Waals surface area contributed by atoms with Crippen LogP contribution in [-0.4, -0.2) is 100 Å². The first-order valence-corrected chi connectivity index (χ1v) is 15.1. The molecule has 5 amide bonds. The van der Waals surface area contributed by atoms with E-state index in [4.69, 9.17) is 4.74 Å².